The van der Waals surface area contributed by atoms with E-state index >= 15 is 0 Å². The highest BCUT2D eigenvalue weighted by atomic mass is 16.6. The largest absolute Gasteiger partial charge is 0.462 e. The van der Waals surface area contributed by atoms with Gasteiger partial charge in [0.05, 0.1) is 6.61 Å². The maximum atomic E-state index is 12.8. The molecular formula is C59H114O5. The van der Waals surface area contributed by atoms with Crippen molar-refractivity contribution in [2.45, 2.75) is 335 Å². The van der Waals surface area contributed by atoms with Crippen LogP contribution in [0.15, 0.2) is 12.2 Å². The highest BCUT2D eigenvalue weighted by molar-refractivity contribution is 5.70. The van der Waals surface area contributed by atoms with Crippen LogP contribution in [0.5, 0.6) is 0 Å². The number of ether oxygens (including phenoxy) is 3. The summed E-state index contributed by atoms with van der Waals surface area (Å²) in [6, 6.07) is 0. The van der Waals surface area contributed by atoms with Crippen molar-refractivity contribution in [2.75, 3.05) is 19.8 Å². The molecule has 0 N–H and O–H groups in total. The first-order valence-electron chi connectivity index (χ1n) is 29.2. The van der Waals surface area contributed by atoms with E-state index in [0.29, 0.717) is 26.1 Å². The number of hydrogen-bond donors (Lipinski definition) is 0. The van der Waals surface area contributed by atoms with E-state index in [1.807, 2.05) is 0 Å². The third kappa shape index (κ3) is 53.3. The van der Waals surface area contributed by atoms with Gasteiger partial charge in [0.25, 0.3) is 0 Å². The molecule has 5 nitrogen and oxygen atoms in total. The van der Waals surface area contributed by atoms with Crippen LogP contribution in [0.1, 0.15) is 329 Å². The average Bonchev–Trinajstić information content (AvgIpc) is 3.30. The number of hydrogen-bond acceptors (Lipinski definition) is 5. The second-order valence-electron chi connectivity index (χ2n) is 19.9. The molecule has 0 spiro atoms. The van der Waals surface area contributed by atoms with E-state index in [0.717, 1.165) is 32.1 Å². The van der Waals surface area contributed by atoms with E-state index in [4.69, 9.17) is 14.2 Å². The van der Waals surface area contributed by atoms with Crippen molar-refractivity contribution in [3.8, 4) is 0 Å². The summed E-state index contributed by atoms with van der Waals surface area (Å²) in [6.45, 7) is 7.90. The Labute approximate surface area is 401 Å². The second-order valence-corrected chi connectivity index (χ2v) is 19.9. The zero-order valence-corrected chi connectivity index (χ0v) is 43.8. The van der Waals surface area contributed by atoms with Gasteiger partial charge < -0.3 is 14.2 Å². The molecule has 0 aromatic heterocycles. The Kier molecular flexibility index (Phi) is 54.8. The quantitative estimate of drug-likeness (QED) is 0.0346. The van der Waals surface area contributed by atoms with Gasteiger partial charge in [0.2, 0.25) is 0 Å². The number of rotatable bonds is 55. The fourth-order valence-electron chi connectivity index (χ4n) is 8.92. The molecule has 0 aliphatic carbocycles. The van der Waals surface area contributed by atoms with Gasteiger partial charge in [-0.3, -0.25) is 9.59 Å². The van der Waals surface area contributed by atoms with Crippen molar-refractivity contribution in [3.63, 3.8) is 0 Å². The lowest BCUT2D eigenvalue weighted by molar-refractivity contribution is -0.163. The molecule has 0 saturated carbocycles. The first-order chi connectivity index (χ1) is 31.6. The van der Waals surface area contributed by atoms with Crippen molar-refractivity contribution >= 4 is 11.9 Å². The van der Waals surface area contributed by atoms with E-state index in [-0.39, 0.29) is 18.5 Å². The predicted molar refractivity (Wildman–Crippen MR) is 279 cm³/mol. The van der Waals surface area contributed by atoms with Gasteiger partial charge in [-0.05, 0) is 44.9 Å². The zero-order valence-electron chi connectivity index (χ0n) is 43.8. The molecule has 0 rings (SSSR count). The van der Waals surface area contributed by atoms with Gasteiger partial charge in [-0.1, -0.05) is 283 Å². The Morgan fingerprint density at radius 2 is 0.609 bits per heavy atom. The Hall–Kier alpha value is -1.36. The summed E-state index contributed by atoms with van der Waals surface area (Å²) in [5.41, 5.74) is 0. The number of allylic oxidation sites excluding steroid dienone is 2. The topological polar surface area (TPSA) is 61.8 Å². The molecule has 0 amide bonds. The molecule has 0 bridgehead atoms. The summed E-state index contributed by atoms with van der Waals surface area (Å²) in [4.78, 5) is 25.5. The Bertz CT molecular complexity index is 932. The summed E-state index contributed by atoms with van der Waals surface area (Å²) in [5, 5.41) is 0. The van der Waals surface area contributed by atoms with Gasteiger partial charge >= 0.3 is 11.9 Å². The third-order valence-corrected chi connectivity index (χ3v) is 13.3. The van der Waals surface area contributed by atoms with Crippen molar-refractivity contribution in [2.24, 2.45) is 0 Å². The van der Waals surface area contributed by atoms with Gasteiger partial charge in [-0.2, -0.15) is 0 Å². The van der Waals surface area contributed by atoms with Crippen molar-refractivity contribution in [3.05, 3.63) is 12.2 Å². The smallest absolute Gasteiger partial charge is 0.306 e. The summed E-state index contributed by atoms with van der Waals surface area (Å²) in [7, 11) is 0. The number of carbonyl (C=O) groups is 2. The van der Waals surface area contributed by atoms with Crippen molar-refractivity contribution in [1.29, 1.82) is 0 Å². The van der Waals surface area contributed by atoms with E-state index in [2.05, 4.69) is 32.9 Å². The lowest BCUT2D eigenvalue weighted by Gasteiger charge is -2.18. The van der Waals surface area contributed by atoms with Crippen LogP contribution in [0, 0.1) is 0 Å². The minimum atomic E-state index is -0.528. The molecule has 0 aliphatic heterocycles. The van der Waals surface area contributed by atoms with Gasteiger partial charge in [0.1, 0.15) is 6.61 Å². The van der Waals surface area contributed by atoms with Gasteiger partial charge in [-0.15, -0.1) is 0 Å². The Balaban J connectivity index is 4.20. The second kappa shape index (κ2) is 56.0. The van der Waals surface area contributed by atoms with Crippen LogP contribution in [-0.2, 0) is 23.8 Å². The molecule has 64 heavy (non-hydrogen) atoms. The molecule has 0 heterocycles. The molecule has 1 unspecified atom stereocenters. The summed E-state index contributed by atoms with van der Waals surface area (Å²) in [5.74, 6) is -0.371. The third-order valence-electron chi connectivity index (χ3n) is 13.3. The van der Waals surface area contributed by atoms with Gasteiger partial charge in [0.15, 0.2) is 6.10 Å². The molecule has 0 aliphatic rings. The number of unbranched alkanes of at least 4 members (excludes halogenated alkanes) is 42. The number of carbonyl (C=O) groups excluding carboxylic acids is 2. The van der Waals surface area contributed by atoms with Crippen LogP contribution in [0.4, 0.5) is 0 Å². The highest BCUT2D eigenvalue weighted by Gasteiger charge is 2.17. The molecule has 380 valence electrons. The van der Waals surface area contributed by atoms with Crippen LogP contribution < -0.4 is 0 Å². The molecule has 0 fully saturated rings. The monoisotopic (exact) mass is 903 g/mol. The van der Waals surface area contributed by atoms with Crippen LogP contribution in [0.25, 0.3) is 0 Å². The summed E-state index contributed by atoms with van der Waals surface area (Å²) in [6.07, 6.45) is 65.1. The lowest BCUT2D eigenvalue weighted by atomic mass is 10.0. The number of esters is 2. The highest BCUT2D eigenvalue weighted by Crippen LogP contribution is 2.17. The Morgan fingerprint density at radius 1 is 0.328 bits per heavy atom. The fraction of sp³-hybridized carbons (Fsp3) is 0.932. The van der Waals surface area contributed by atoms with E-state index in [1.165, 1.54) is 263 Å². The van der Waals surface area contributed by atoms with Crippen LogP contribution in [0.2, 0.25) is 0 Å². The van der Waals surface area contributed by atoms with E-state index in [1.54, 1.807) is 0 Å². The summed E-state index contributed by atoms with van der Waals surface area (Å²) < 4.78 is 17.5. The molecule has 0 aromatic rings. The van der Waals surface area contributed by atoms with E-state index < -0.39 is 6.10 Å². The first-order valence-corrected chi connectivity index (χ1v) is 29.2. The molecule has 0 radical (unpaired) electrons. The van der Waals surface area contributed by atoms with Crippen LogP contribution in [0.3, 0.4) is 0 Å². The van der Waals surface area contributed by atoms with Crippen LogP contribution in [-0.4, -0.2) is 37.9 Å². The Morgan fingerprint density at radius 3 is 0.953 bits per heavy atom. The standard InChI is InChI=1S/C59H114O5/c1-4-7-10-13-16-19-22-25-28-29-30-33-36-39-42-45-48-51-54-62-55-57(64-59(61)53-50-47-44-41-38-35-32-27-24-21-18-15-12-9-6-3)56-63-58(60)52-49-46-43-40-37-34-31-26-23-20-17-14-11-8-5-2/h25,28,57H,4-24,26-27,29-56H2,1-3H3/b28-25-. The molecular weight excluding hydrogens is 789 g/mol. The van der Waals surface area contributed by atoms with Gasteiger partial charge in [-0.25, -0.2) is 0 Å². The van der Waals surface area contributed by atoms with E-state index in [9.17, 15) is 9.59 Å². The minimum absolute atomic E-state index is 0.0943. The first kappa shape index (κ1) is 62.6. The maximum absolute atomic E-state index is 12.8. The molecule has 0 aromatic carbocycles. The zero-order chi connectivity index (χ0) is 46.3. The summed E-state index contributed by atoms with van der Waals surface area (Å²) >= 11 is 0. The minimum Gasteiger partial charge on any atom is -0.462 e. The normalized spacial score (nSPS) is 12.1. The van der Waals surface area contributed by atoms with Crippen LogP contribution >= 0.6 is 0 Å². The fourth-order valence-corrected chi connectivity index (χ4v) is 8.92. The average molecular weight is 904 g/mol. The maximum Gasteiger partial charge on any atom is 0.306 e. The van der Waals surface area contributed by atoms with Gasteiger partial charge in [0, 0.05) is 19.4 Å². The molecule has 5 heteroatoms. The predicted octanol–water partition coefficient (Wildman–Crippen LogP) is 19.8. The molecule has 1 atom stereocenters. The lowest BCUT2D eigenvalue weighted by Crippen LogP contribution is -2.30. The SMILES string of the molecule is CCCCCCCC/C=C\CCCCCCCCCCOCC(COC(=O)CCCCCCCCCCCCCCCCC)OC(=O)CCCCCCCCCCCCCCCCC. The van der Waals surface area contributed by atoms with Crippen molar-refractivity contribution < 1.29 is 23.8 Å². The van der Waals surface area contributed by atoms with Crippen molar-refractivity contribution in [1.82, 2.24) is 0 Å². The molecule has 0 saturated heterocycles.